The molecule has 0 bridgehead atoms. The average Bonchev–Trinajstić information content (AvgIpc) is 2.78. The van der Waals surface area contributed by atoms with E-state index in [0.29, 0.717) is 12.1 Å². The van der Waals surface area contributed by atoms with Gasteiger partial charge < -0.3 is 5.32 Å². The second-order valence-electron chi connectivity index (χ2n) is 5.11. The Labute approximate surface area is 133 Å². The number of sulfone groups is 1. The van der Waals surface area contributed by atoms with Crippen molar-refractivity contribution in [3.63, 3.8) is 0 Å². The first-order chi connectivity index (χ1) is 10.3. The summed E-state index contributed by atoms with van der Waals surface area (Å²) in [6, 6.07) is 5.58. The lowest BCUT2D eigenvalue weighted by molar-refractivity contribution is -0.122. The van der Waals surface area contributed by atoms with Gasteiger partial charge in [-0.2, -0.15) is 0 Å². The van der Waals surface area contributed by atoms with Crippen LogP contribution in [0, 0.1) is 11.7 Å². The highest BCUT2D eigenvalue weighted by Gasteiger charge is 2.29. The smallest absolute Gasteiger partial charge is 0.238 e. The average molecular weight is 345 g/mol. The molecule has 9 heteroatoms. The lowest BCUT2D eigenvalue weighted by atomic mass is 10.1. The van der Waals surface area contributed by atoms with E-state index in [1.54, 1.807) is 0 Å². The molecule has 1 amide bonds. The Bertz CT molecular complexity index is 662. The lowest BCUT2D eigenvalue weighted by Crippen LogP contribution is -2.44. The molecular formula is C13H16FN3O3S2. The number of rotatable bonds is 3. The van der Waals surface area contributed by atoms with Gasteiger partial charge in [0.15, 0.2) is 14.9 Å². The van der Waals surface area contributed by atoms with Crippen LogP contribution in [-0.4, -0.2) is 30.9 Å². The van der Waals surface area contributed by atoms with E-state index < -0.39 is 9.84 Å². The van der Waals surface area contributed by atoms with Gasteiger partial charge in [0.2, 0.25) is 5.91 Å². The molecule has 0 spiro atoms. The number of hydrazine groups is 1. The van der Waals surface area contributed by atoms with Crippen LogP contribution in [0.25, 0.3) is 0 Å². The molecule has 1 aromatic rings. The molecule has 3 N–H and O–H groups in total. The third kappa shape index (κ3) is 5.23. The van der Waals surface area contributed by atoms with Crippen LogP contribution in [0.15, 0.2) is 24.3 Å². The zero-order valence-corrected chi connectivity index (χ0v) is 13.3. The quantitative estimate of drug-likeness (QED) is 0.559. The van der Waals surface area contributed by atoms with E-state index in [0.717, 1.165) is 0 Å². The minimum Gasteiger partial charge on any atom is -0.331 e. The predicted molar refractivity (Wildman–Crippen MR) is 85.3 cm³/mol. The minimum atomic E-state index is -2.99. The van der Waals surface area contributed by atoms with Gasteiger partial charge in [-0.05, 0) is 48.8 Å². The van der Waals surface area contributed by atoms with Crippen molar-refractivity contribution >= 4 is 38.8 Å². The number of anilines is 1. The van der Waals surface area contributed by atoms with E-state index >= 15 is 0 Å². The number of carbonyl (C=O) groups excluding carboxylic acids is 1. The molecule has 0 radical (unpaired) electrons. The molecule has 0 aromatic heterocycles. The molecule has 1 heterocycles. The van der Waals surface area contributed by atoms with Crippen LogP contribution in [0.2, 0.25) is 0 Å². The molecule has 1 aliphatic heterocycles. The summed E-state index contributed by atoms with van der Waals surface area (Å²) in [5.41, 5.74) is 5.50. The van der Waals surface area contributed by atoms with Crippen LogP contribution >= 0.6 is 12.2 Å². The number of amides is 1. The maximum Gasteiger partial charge on any atom is 0.238 e. The summed E-state index contributed by atoms with van der Waals surface area (Å²) in [6.45, 7) is 0. The highest BCUT2D eigenvalue weighted by atomic mass is 32.2. The zero-order chi connectivity index (χ0) is 16.2. The molecule has 1 saturated heterocycles. The van der Waals surface area contributed by atoms with Crippen LogP contribution in [0.1, 0.15) is 12.8 Å². The first-order valence-corrected chi connectivity index (χ1v) is 8.89. The van der Waals surface area contributed by atoms with Crippen LogP contribution in [0.3, 0.4) is 0 Å². The second kappa shape index (κ2) is 7.01. The molecule has 0 aliphatic carbocycles. The van der Waals surface area contributed by atoms with E-state index in [1.807, 2.05) is 0 Å². The van der Waals surface area contributed by atoms with Crippen molar-refractivity contribution in [3.8, 4) is 0 Å². The van der Waals surface area contributed by atoms with Gasteiger partial charge in [-0.3, -0.25) is 15.6 Å². The van der Waals surface area contributed by atoms with Gasteiger partial charge in [0, 0.05) is 12.1 Å². The first-order valence-electron chi connectivity index (χ1n) is 6.66. The largest absolute Gasteiger partial charge is 0.331 e. The van der Waals surface area contributed by atoms with Gasteiger partial charge in [-0.25, -0.2) is 12.8 Å². The molecule has 6 nitrogen and oxygen atoms in total. The van der Waals surface area contributed by atoms with E-state index in [9.17, 15) is 17.6 Å². The fourth-order valence-corrected chi connectivity index (χ4v) is 4.20. The number of nitrogens with one attached hydrogen (secondary N) is 3. The normalized spacial score (nSPS) is 19.4. The Morgan fingerprint density at radius 1 is 1.27 bits per heavy atom. The Morgan fingerprint density at radius 3 is 2.55 bits per heavy atom. The summed E-state index contributed by atoms with van der Waals surface area (Å²) in [5, 5.41) is 2.93. The standard InChI is InChI=1S/C13H16FN3O3S2/c14-10-1-3-11(4-2-10)15-13(21)17-16-12(18)7-9-5-6-22(19,20)8-9/h1-4,9H,5-8H2,(H,16,18)(H2,15,17,21)/t9-/m1/s1. The van der Waals surface area contributed by atoms with Gasteiger partial charge in [-0.1, -0.05) is 0 Å². The summed E-state index contributed by atoms with van der Waals surface area (Å²) >= 11 is 4.98. The van der Waals surface area contributed by atoms with Gasteiger partial charge in [0.25, 0.3) is 0 Å². The Kier molecular flexibility index (Phi) is 5.30. The molecule has 1 aliphatic rings. The molecule has 1 aromatic carbocycles. The molecule has 2 rings (SSSR count). The number of carbonyl (C=O) groups is 1. The number of hydrogen-bond acceptors (Lipinski definition) is 4. The van der Waals surface area contributed by atoms with Crippen LogP contribution in [0.4, 0.5) is 10.1 Å². The van der Waals surface area contributed by atoms with Crippen LogP contribution in [0.5, 0.6) is 0 Å². The van der Waals surface area contributed by atoms with Gasteiger partial charge >= 0.3 is 0 Å². The van der Waals surface area contributed by atoms with Gasteiger partial charge in [0.1, 0.15) is 5.82 Å². The van der Waals surface area contributed by atoms with Crippen molar-refractivity contribution in [2.45, 2.75) is 12.8 Å². The van der Waals surface area contributed by atoms with Crippen molar-refractivity contribution in [2.75, 3.05) is 16.8 Å². The monoisotopic (exact) mass is 345 g/mol. The van der Waals surface area contributed by atoms with Crippen molar-refractivity contribution in [2.24, 2.45) is 5.92 Å². The summed E-state index contributed by atoms with van der Waals surface area (Å²) in [7, 11) is -2.99. The molecule has 1 atom stereocenters. The summed E-state index contributed by atoms with van der Waals surface area (Å²) in [4.78, 5) is 11.7. The second-order valence-corrected chi connectivity index (χ2v) is 7.74. The number of benzene rings is 1. The SMILES string of the molecule is O=C(C[C@H]1CCS(=O)(=O)C1)NNC(=S)Nc1ccc(F)cc1. The summed E-state index contributed by atoms with van der Waals surface area (Å²) < 4.78 is 35.4. The molecule has 120 valence electrons. The van der Waals surface area contributed by atoms with Crippen LogP contribution < -0.4 is 16.2 Å². The lowest BCUT2D eigenvalue weighted by Gasteiger charge is -2.13. The van der Waals surface area contributed by atoms with Gasteiger partial charge in [0.05, 0.1) is 11.5 Å². The molecule has 0 unspecified atom stereocenters. The van der Waals surface area contributed by atoms with Crippen molar-refractivity contribution in [3.05, 3.63) is 30.1 Å². The van der Waals surface area contributed by atoms with Crippen molar-refractivity contribution < 1.29 is 17.6 Å². The maximum atomic E-state index is 12.8. The van der Waals surface area contributed by atoms with E-state index in [4.69, 9.17) is 12.2 Å². The summed E-state index contributed by atoms with van der Waals surface area (Å²) in [6.07, 6.45) is 0.638. The van der Waals surface area contributed by atoms with E-state index in [1.165, 1.54) is 24.3 Å². The summed E-state index contributed by atoms with van der Waals surface area (Å²) in [5.74, 6) is -0.637. The fraction of sp³-hybridized carbons (Fsp3) is 0.385. The van der Waals surface area contributed by atoms with Gasteiger partial charge in [-0.15, -0.1) is 0 Å². The van der Waals surface area contributed by atoms with Crippen molar-refractivity contribution in [1.29, 1.82) is 0 Å². The molecular weight excluding hydrogens is 329 g/mol. The van der Waals surface area contributed by atoms with Crippen molar-refractivity contribution in [1.82, 2.24) is 10.9 Å². The molecule has 22 heavy (non-hydrogen) atoms. The highest BCUT2D eigenvalue weighted by molar-refractivity contribution is 7.91. The molecule has 0 saturated carbocycles. The maximum absolute atomic E-state index is 12.8. The third-order valence-electron chi connectivity index (χ3n) is 3.22. The Balaban J connectivity index is 1.72. The third-order valence-corrected chi connectivity index (χ3v) is 5.26. The highest BCUT2D eigenvalue weighted by Crippen LogP contribution is 2.21. The topological polar surface area (TPSA) is 87.3 Å². The Hall–Kier alpha value is -1.74. The number of hydrogen-bond donors (Lipinski definition) is 3. The number of thiocarbonyl (C=S) groups is 1. The fourth-order valence-electron chi connectivity index (χ4n) is 2.17. The molecule has 1 fully saturated rings. The minimum absolute atomic E-state index is 0.0543. The predicted octanol–water partition coefficient (Wildman–Crippen LogP) is 0.968. The van der Waals surface area contributed by atoms with Crippen LogP contribution in [-0.2, 0) is 14.6 Å². The number of halogens is 1. The first kappa shape index (κ1) is 16.6. The zero-order valence-electron chi connectivity index (χ0n) is 11.6. The van der Waals surface area contributed by atoms with E-state index in [-0.39, 0.29) is 40.7 Å². The van der Waals surface area contributed by atoms with E-state index in [2.05, 4.69) is 16.2 Å². The Morgan fingerprint density at radius 2 is 1.95 bits per heavy atom.